The van der Waals surface area contributed by atoms with Crippen LogP contribution in [0, 0.1) is 0 Å². The number of rotatable bonds is 2. The Morgan fingerprint density at radius 1 is 0.284 bits per heavy atom. The summed E-state index contributed by atoms with van der Waals surface area (Å²) in [5.41, 5.74) is 27.0. The number of fused-ring (bicyclic) bond motifs is 17. The van der Waals surface area contributed by atoms with Gasteiger partial charge in [-0.25, -0.2) is 0 Å². The summed E-state index contributed by atoms with van der Waals surface area (Å²) in [6, 6.07) is 74.4. The van der Waals surface area contributed by atoms with Crippen molar-refractivity contribution in [3.8, 4) is 22.3 Å². The molecule has 8 heterocycles. The summed E-state index contributed by atoms with van der Waals surface area (Å²) in [7, 11) is 0. The molecule has 0 amide bonds. The zero-order valence-electron chi connectivity index (χ0n) is 35.6. The predicted molar refractivity (Wildman–Crippen MR) is 286 cm³/mol. The molecule has 9 heteroatoms. The van der Waals surface area contributed by atoms with E-state index in [4.69, 9.17) is 0 Å². The third-order valence-corrected chi connectivity index (χ3v) is 22.5. The van der Waals surface area contributed by atoms with Crippen molar-refractivity contribution in [1.29, 1.82) is 0 Å². The van der Waals surface area contributed by atoms with Gasteiger partial charge in [-0.3, -0.25) is 0 Å². The maximum absolute atomic E-state index is 2.71. The van der Waals surface area contributed by atoms with Gasteiger partial charge in [-0.05, 0) is 0 Å². The molecule has 9 aromatic carbocycles. The molecule has 0 fully saturated rings. The summed E-state index contributed by atoms with van der Waals surface area (Å²) >= 11 is 0.383. The number of benzene rings is 9. The van der Waals surface area contributed by atoms with E-state index in [0.717, 1.165) is 0 Å². The Hall–Kier alpha value is -6.65. The molecule has 17 rings (SSSR count). The minimum atomic E-state index is 0.0224. The van der Waals surface area contributed by atoms with Crippen molar-refractivity contribution in [2.45, 2.75) is 0 Å². The van der Waals surface area contributed by atoms with Crippen molar-refractivity contribution in [2.24, 2.45) is 0 Å². The summed E-state index contributed by atoms with van der Waals surface area (Å²) in [6.07, 6.45) is 0. The van der Waals surface area contributed by atoms with Crippen LogP contribution in [-0.4, -0.2) is 57.8 Å². The third-order valence-electron chi connectivity index (χ3n) is 15.1. The molecule has 1 aromatic heterocycles. The van der Waals surface area contributed by atoms with Gasteiger partial charge in [0.1, 0.15) is 0 Å². The van der Waals surface area contributed by atoms with E-state index >= 15 is 0 Å². The number of hydrogen-bond donors (Lipinski definition) is 0. The zero-order valence-corrected chi connectivity index (χ0v) is 40.8. The fraction of sp³-hybridized carbons (Fsp3) is 0. The van der Waals surface area contributed by atoms with Crippen molar-refractivity contribution in [3.05, 3.63) is 194 Å². The van der Waals surface area contributed by atoms with Crippen LogP contribution in [0.15, 0.2) is 194 Å². The van der Waals surface area contributed by atoms with Crippen molar-refractivity contribution in [3.63, 3.8) is 0 Å². The molecule has 0 saturated carbocycles. The van der Waals surface area contributed by atoms with Crippen LogP contribution in [0.1, 0.15) is 0 Å². The van der Waals surface area contributed by atoms with E-state index in [2.05, 4.69) is 214 Å². The number of nitrogens with zero attached hydrogens (tertiary/aromatic N) is 4. The van der Waals surface area contributed by atoms with Gasteiger partial charge in [0.05, 0.1) is 0 Å². The van der Waals surface area contributed by atoms with Gasteiger partial charge >= 0.3 is 410 Å². The van der Waals surface area contributed by atoms with Crippen LogP contribution in [0.2, 0.25) is 0 Å². The van der Waals surface area contributed by atoms with E-state index in [0.29, 0.717) is 0 Å². The van der Waals surface area contributed by atoms with Crippen LogP contribution in [0.3, 0.4) is 0 Å². The molecule has 67 heavy (non-hydrogen) atoms. The van der Waals surface area contributed by atoms with E-state index in [1.54, 1.807) is 8.67 Å². The topological polar surface area (TPSA) is 13.0 Å². The predicted octanol–water partition coefficient (Wildman–Crippen LogP) is 6.49. The average molecular weight is 1040 g/mol. The van der Waals surface area contributed by atoms with Crippen molar-refractivity contribution in [2.75, 3.05) is 19.6 Å². The van der Waals surface area contributed by atoms with Gasteiger partial charge in [-0.15, -0.1) is 0 Å². The molecule has 0 unspecified atom stereocenters. The average Bonchev–Trinajstić information content (AvgIpc) is 3.79. The molecule has 0 N–H and O–H groups in total. The van der Waals surface area contributed by atoms with Crippen LogP contribution in [0.5, 0.6) is 0 Å². The first-order valence-electron chi connectivity index (χ1n) is 23.0. The first kappa shape index (κ1) is 36.5. The van der Waals surface area contributed by atoms with E-state index < -0.39 is 0 Å². The molecule has 308 valence electrons. The number of anilines is 12. The minimum absolute atomic E-state index is 0.0224. The van der Waals surface area contributed by atoms with Crippen molar-refractivity contribution < 1.29 is 0 Å². The Morgan fingerprint density at radius 2 is 0.731 bits per heavy atom. The van der Waals surface area contributed by atoms with Crippen LogP contribution in [-0.2, 0) is 0 Å². The molecule has 0 spiro atoms. The molecular weight excluding hydrogens is 1010 g/mol. The van der Waals surface area contributed by atoms with Gasteiger partial charge in [0.15, 0.2) is 0 Å². The quantitative estimate of drug-likeness (QED) is 0.184. The second-order valence-electron chi connectivity index (χ2n) is 18.3. The SMILES string of the molecule is c1ccc(-c2ccc3c(c2)B2c4[se]c5c6c4N(c4ccccc4N6c4ccc6c7c4B5c4ccc(-c5ccccc5)cc4N7c4ccccc4[Se]6)c4ccc5c(c42)N3c2ccccc2[Se]5)cc1. The van der Waals surface area contributed by atoms with Gasteiger partial charge < -0.3 is 0 Å². The molecule has 0 radical (unpaired) electrons. The van der Waals surface area contributed by atoms with Gasteiger partial charge in [0, 0.05) is 0 Å². The second-order valence-corrected chi connectivity index (χ2v) is 25.2. The summed E-state index contributed by atoms with van der Waals surface area (Å²) in [4.78, 5) is 10.7. The number of para-hydroxylation sites is 4. The first-order chi connectivity index (χ1) is 33.3. The normalized spacial score (nSPS) is 14.9. The third kappa shape index (κ3) is 4.58. The van der Waals surface area contributed by atoms with Crippen LogP contribution < -0.4 is 68.0 Å². The van der Waals surface area contributed by atoms with Gasteiger partial charge in [0.2, 0.25) is 0 Å². The van der Waals surface area contributed by atoms with Crippen LogP contribution in [0.25, 0.3) is 22.3 Å². The molecule has 7 aliphatic rings. The van der Waals surface area contributed by atoms with Crippen molar-refractivity contribution >= 4 is 174 Å². The molecule has 7 aliphatic heterocycles. The Labute approximate surface area is 407 Å². The van der Waals surface area contributed by atoms with Crippen LogP contribution >= 0.6 is 0 Å². The van der Waals surface area contributed by atoms with Gasteiger partial charge in [-0.1, -0.05) is 0 Å². The molecule has 0 atom stereocenters. The van der Waals surface area contributed by atoms with E-state index in [1.165, 1.54) is 130 Å². The fourth-order valence-corrected chi connectivity index (χ4v) is 20.2. The van der Waals surface area contributed by atoms with Crippen molar-refractivity contribution in [1.82, 2.24) is 0 Å². The van der Waals surface area contributed by atoms with Gasteiger partial charge in [0.25, 0.3) is 0 Å². The molecule has 0 aliphatic carbocycles. The van der Waals surface area contributed by atoms with E-state index in [9.17, 15) is 0 Å². The monoisotopic (exact) mass is 1050 g/mol. The van der Waals surface area contributed by atoms with Gasteiger partial charge in [-0.2, -0.15) is 0 Å². The first-order valence-corrected chi connectivity index (χ1v) is 28.1. The summed E-state index contributed by atoms with van der Waals surface area (Å²) < 4.78 is 9.03. The Bertz CT molecular complexity index is 3890. The summed E-state index contributed by atoms with van der Waals surface area (Å²) in [5.74, 6) is 0. The number of hydrogen-bond acceptors (Lipinski definition) is 4. The maximum atomic E-state index is 2.71. The zero-order chi connectivity index (χ0) is 43.2. The fourth-order valence-electron chi connectivity index (χ4n) is 12.5. The molecule has 0 saturated heterocycles. The molecule has 10 aromatic rings. The summed E-state index contributed by atoms with van der Waals surface area (Å²) in [5, 5.41) is 0. The molecular formula is C58H32B2N4Se3. The molecule has 4 nitrogen and oxygen atoms in total. The van der Waals surface area contributed by atoms with Crippen LogP contribution in [0.4, 0.5) is 68.2 Å². The summed E-state index contributed by atoms with van der Waals surface area (Å²) in [6.45, 7) is 0.255. The Morgan fingerprint density at radius 3 is 1.31 bits per heavy atom. The Balaban J connectivity index is 0.985. The Kier molecular flexibility index (Phi) is 7.11. The van der Waals surface area contributed by atoms with E-state index in [1.807, 2.05) is 0 Å². The molecule has 0 bridgehead atoms. The second kappa shape index (κ2) is 13.1. The van der Waals surface area contributed by atoms with E-state index in [-0.39, 0.29) is 57.8 Å². The standard InChI is InChI=1S/C58H32B2N4Se3/c1-3-13-33(14-4-1)35-24-26-39-38(31-35)60-52-45(28-29-49-53(52)61(39)42-19-9-11-21-47(42)65-49)63-41-18-8-7-17-40(41)62-44-27-30-50-54-51(44)59(57-55(62)56(63)58(60)67-57)37-25-23-36(34-15-5-2-6-16-34)32-46(37)64(54)43-20-10-12-22-48(43)66-50/h1-32H.